The second-order valence-corrected chi connectivity index (χ2v) is 4.16. The first-order valence-corrected chi connectivity index (χ1v) is 6.45. The molecular formula is C13H19N5O2. The van der Waals surface area contributed by atoms with E-state index in [1.165, 1.54) is 0 Å². The van der Waals surface area contributed by atoms with Gasteiger partial charge in [0.2, 0.25) is 5.91 Å². The Bertz CT molecular complexity index is 468. The van der Waals surface area contributed by atoms with Gasteiger partial charge in [-0.25, -0.2) is 0 Å². The van der Waals surface area contributed by atoms with Gasteiger partial charge in [-0.05, 0) is 29.6 Å². The zero-order chi connectivity index (χ0) is 14.8. The van der Waals surface area contributed by atoms with E-state index in [0.29, 0.717) is 13.2 Å². The number of ether oxygens (including phenoxy) is 1. The van der Waals surface area contributed by atoms with Crippen LogP contribution >= 0.6 is 0 Å². The van der Waals surface area contributed by atoms with Crippen LogP contribution in [-0.4, -0.2) is 25.6 Å². The molecule has 0 aliphatic rings. The van der Waals surface area contributed by atoms with Crippen molar-refractivity contribution < 1.29 is 9.53 Å². The van der Waals surface area contributed by atoms with Gasteiger partial charge >= 0.3 is 0 Å². The van der Waals surface area contributed by atoms with Gasteiger partial charge in [0.25, 0.3) is 0 Å². The molecule has 0 bridgehead atoms. The molecule has 0 saturated carbocycles. The molecule has 0 aliphatic carbocycles. The van der Waals surface area contributed by atoms with Crippen LogP contribution < -0.4 is 15.8 Å². The van der Waals surface area contributed by atoms with Crippen molar-refractivity contribution in [2.75, 3.05) is 19.7 Å². The highest BCUT2D eigenvalue weighted by molar-refractivity contribution is 5.81. The summed E-state index contributed by atoms with van der Waals surface area (Å²) < 4.78 is 5.47. The minimum absolute atomic E-state index is 0.262. The number of hydrogen-bond donors (Lipinski definition) is 2. The maximum Gasteiger partial charge on any atom is 0.239 e. The van der Waals surface area contributed by atoms with E-state index in [2.05, 4.69) is 15.3 Å². The summed E-state index contributed by atoms with van der Waals surface area (Å²) in [6, 6.07) is 6.58. The highest BCUT2D eigenvalue weighted by Crippen LogP contribution is 2.18. The van der Waals surface area contributed by atoms with Gasteiger partial charge in [0.1, 0.15) is 11.8 Å². The van der Waals surface area contributed by atoms with E-state index in [1.54, 1.807) is 24.3 Å². The van der Waals surface area contributed by atoms with Crippen molar-refractivity contribution in [2.45, 2.75) is 19.4 Å². The Morgan fingerprint density at radius 3 is 2.75 bits per heavy atom. The van der Waals surface area contributed by atoms with Crippen molar-refractivity contribution in [2.24, 2.45) is 10.8 Å². The molecule has 1 unspecified atom stereocenters. The van der Waals surface area contributed by atoms with Crippen LogP contribution in [0.3, 0.4) is 0 Å². The van der Waals surface area contributed by atoms with Crippen molar-refractivity contribution in [1.29, 1.82) is 0 Å². The Balaban J connectivity index is 2.66. The first-order valence-electron chi connectivity index (χ1n) is 6.45. The molecule has 1 atom stereocenters. The second kappa shape index (κ2) is 8.79. The van der Waals surface area contributed by atoms with Gasteiger partial charge in [-0.2, -0.15) is 0 Å². The number of carbonyl (C=O) groups excluding carboxylic acids is 1. The highest BCUT2D eigenvalue weighted by Gasteiger charge is 2.16. The quantitative estimate of drug-likeness (QED) is 0.311. The summed E-state index contributed by atoms with van der Waals surface area (Å²) in [5.41, 5.74) is 14.3. The van der Waals surface area contributed by atoms with Crippen LogP contribution in [0, 0.1) is 0 Å². The van der Waals surface area contributed by atoms with Crippen LogP contribution in [-0.2, 0) is 4.79 Å². The molecule has 0 aromatic heterocycles. The largest absolute Gasteiger partial charge is 0.494 e. The van der Waals surface area contributed by atoms with E-state index in [-0.39, 0.29) is 6.54 Å². The molecule has 108 valence electrons. The average molecular weight is 277 g/mol. The first kappa shape index (κ1) is 15.8. The normalized spacial score (nSPS) is 11.4. The molecule has 0 aliphatic heterocycles. The van der Waals surface area contributed by atoms with Gasteiger partial charge in [0.05, 0.1) is 6.61 Å². The second-order valence-electron chi connectivity index (χ2n) is 4.16. The van der Waals surface area contributed by atoms with Gasteiger partial charge in [0, 0.05) is 18.0 Å². The number of amides is 1. The lowest BCUT2D eigenvalue weighted by molar-refractivity contribution is -0.120. The number of rotatable bonds is 9. The monoisotopic (exact) mass is 277 g/mol. The van der Waals surface area contributed by atoms with Gasteiger partial charge < -0.3 is 15.8 Å². The molecule has 1 aromatic rings. The lowest BCUT2D eigenvalue weighted by Gasteiger charge is -2.15. The van der Waals surface area contributed by atoms with Crippen molar-refractivity contribution in [3.05, 3.63) is 40.3 Å². The summed E-state index contributed by atoms with van der Waals surface area (Å²) in [6.07, 6.45) is 0.937. The predicted octanol–water partition coefficient (Wildman–Crippen LogP) is 1.90. The Hall–Kier alpha value is -2.24. The van der Waals surface area contributed by atoms with Crippen LogP contribution in [0.4, 0.5) is 0 Å². The fourth-order valence-electron chi connectivity index (χ4n) is 1.66. The van der Waals surface area contributed by atoms with Crippen molar-refractivity contribution in [3.8, 4) is 5.75 Å². The average Bonchev–Trinajstić information content (AvgIpc) is 2.45. The lowest BCUT2D eigenvalue weighted by Crippen LogP contribution is -2.34. The third kappa shape index (κ3) is 5.17. The summed E-state index contributed by atoms with van der Waals surface area (Å²) in [7, 11) is 0. The SMILES string of the molecule is CCCOc1ccc(C(NCCN=[N+]=[N-])C(N)=O)cc1. The molecule has 0 heterocycles. The van der Waals surface area contributed by atoms with Crippen LogP contribution in [0.15, 0.2) is 29.4 Å². The standard InChI is InChI=1S/C13H19N5O2/c1-2-9-20-11-5-3-10(4-6-11)12(13(14)19)16-7-8-17-18-15/h3-6,12,16H,2,7-9H2,1H3,(H2,14,19). The number of primary amides is 1. The fourth-order valence-corrected chi connectivity index (χ4v) is 1.66. The van der Waals surface area contributed by atoms with Crippen molar-refractivity contribution >= 4 is 5.91 Å². The minimum Gasteiger partial charge on any atom is -0.494 e. The lowest BCUT2D eigenvalue weighted by atomic mass is 10.1. The van der Waals surface area contributed by atoms with Crippen molar-refractivity contribution in [1.82, 2.24) is 5.32 Å². The molecule has 1 rings (SSSR count). The smallest absolute Gasteiger partial charge is 0.239 e. The number of nitrogens with zero attached hydrogens (tertiary/aromatic N) is 3. The number of carbonyl (C=O) groups is 1. The number of nitrogens with one attached hydrogen (secondary N) is 1. The summed E-state index contributed by atoms with van der Waals surface area (Å²) >= 11 is 0. The molecule has 1 amide bonds. The summed E-state index contributed by atoms with van der Waals surface area (Å²) in [4.78, 5) is 14.1. The zero-order valence-electron chi connectivity index (χ0n) is 11.5. The third-order valence-electron chi connectivity index (χ3n) is 2.59. The molecule has 20 heavy (non-hydrogen) atoms. The maximum atomic E-state index is 11.4. The van der Waals surface area contributed by atoms with E-state index in [1.807, 2.05) is 6.92 Å². The Labute approximate surface area is 117 Å². The topological polar surface area (TPSA) is 113 Å². The predicted molar refractivity (Wildman–Crippen MR) is 76.2 cm³/mol. The minimum atomic E-state index is -0.607. The van der Waals surface area contributed by atoms with E-state index >= 15 is 0 Å². The zero-order valence-corrected chi connectivity index (χ0v) is 11.5. The van der Waals surface area contributed by atoms with E-state index in [0.717, 1.165) is 17.7 Å². The van der Waals surface area contributed by atoms with Gasteiger partial charge in [0.15, 0.2) is 0 Å². The van der Waals surface area contributed by atoms with Gasteiger partial charge in [-0.1, -0.05) is 24.2 Å². The Kier molecular flexibility index (Phi) is 6.95. The third-order valence-corrected chi connectivity index (χ3v) is 2.59. The molecule has 1 aromatic carbocycles. The van der Waals surface area contributed by atoms with Gasteiger partial charge in [-0.15, -0.1) is 0 Å². The molecule has 0 fully saturated rings. The number of hydrogen-bond acceptors (Lipinski definition) is 4. The molecule has 0 saturated heterocycles. The van der Waals surface area contributed by atoms with Gasteiger partial charge in [-0.3, -0.25) is 4.79 Å². The molecule has 0 radical (unpaired) electrons. The molecule has 0 spiro atoms. The molecule has 3 N–H and O–H groups in total. The number of azide groups is 1. The number of benzene rings is 1. The fraction of sp³-hybridized carbons (Fsp3) is 0.462. The molecule has 7 heteroatoms. The van der Waals surface area contributed by atoms with E-state index in [4.69, 9.17) is 16.0 Å². The number of nitrogens with two attached hydrogens (primary N) is 1. The van der Waals surface area contributed by atoms with Crippen LogP contribution in [0.5, 0.6) is 5.75 Å². The van der Waals surface area contributed by atoms with E-state index < -0.39 is 11.9 Å². The highest BCUT2D eigenvalue weighted by atomic mass is 16.5. The molecule has 7 nitrogen and oxygen atoms in total. The first-order chi connectivity index (χ1) is 9.69. The summed E-state index contributed by atoms with van der Waals surface area (Å²) in [5.74, 6) is 0.279. The van der Waals surface area contributed by atoms with Crippen molar-refractivity contribution in [3.63, 3.8) is 0 Å². The Morgan fingerprint density at radius 2 is 2.20 bits per heavy atom. The van der Waals surface area contributed by atoms with E-state index in [9.17, 15) is 4.79 Å². The van der Waals surface area contributed by atoms with Crippen LogP contribution in [0.25, 0.3) is 10.4 Å². The maximum absolute atomic E-state index is 11.4. The summed E-state index contributed by atoms with van der Waals surface area (Å²) in [5, 5.41) is 6.34. The Morgan fingerprint density at radius 1 is 1.50 bits per heavy atom. The molecular weight excluding hydrogens is 258 g/mol. The van der Waals surface area contributed by atoms with Crippen LogP contribution in [0.2, 0.25) is 0 Å². The summed E-state index contributed by atoms with van der Waals surface area (Å²) in [6.45, 7) is 3.33. The van der Waals surface area contributed by atoms with Crippen LogP contribution in [0.1, 0.15) is 24.9 Å².